The van der Waals surface area contributed by atoms with E-state index in [2.05, 4.69) is 25.9 Å². The summed E-state index contributed by atoms with van der Waals surface area (Å²) in [7, 11) is 0. The van der Waals surface area contributed by atoms with Crippen LogP contribution in [0.5, 0.6) is 11.5 Å². The molecule has 0 unspecified atom stereocenters. The van der Waals surface area contributed by atoms with E-state index >= 15 is 0 Å². The van der Waals surface area contributed by atoms with Crippen LogP contribution in [0.15, 0.2) is 28.9 Å². The van der Waals surface area contributed by atoms with Crippen LogP contribution in [0.3, 0.4) is 0 Å². The number of benzene rings is 1. The number of nitrogens with two attached hydrogens (primary N) is 1. The molecular weight excluding hydrogens is 286 g/mol. The molecule has 2 heterocycles. The number of nitrogen functional groups attached to an aromatic ring is 1. The molecule has 0 saturated heterocycles. The van der Waals surface area contributed by atoms with Crippen LogP contribution in [0.4, 0.5) is 5.82 Å². The minimum Gasteiger partial charge on any atom is -0.454 e. The minimum atomic E-state index is 0.231. The van der Waals surface area contributed by atoms with Gasteiger partial charge in [-0.1, -0.05) is 0 Å². The molecule has 0 atom stereocenters. The fourth-order valence-electron chi connectivity index (χ4n) is 1.61. The van der Waals surface area contributed by atoms with Gasteiger partial charge in [0.2, 0.25) is 6.79 Å². The van der Waals surface area contributed by atoms with Crippen LogP contribution in [-0.2, 0) is 0 Å². The monoisotopic (exact) mass is 293 g/mol. The second kappa shape index (κ2) is 3.89. The van der Waals surface area contributed by atoms with Crippen LogP contribution < -0.4 is 15.2 Å². The molecule has 86 valence electrons. The van der Waals surface area contributed by atoms with Gasteiger partial charge in [0, 0.05) is 11.8 Å². The van der Waals surface area contributed by atoms with Crippen molar-refractivity contribution in [2.45, 2.75) is 0 Å². The fraction of sp³-hybridized carbons (Fsp3) is 0.0909. The molecule has 0 fully saturated rings. The van der Waals surface area contributed by atoms with Crippen LogP contribution >= 0.6 is 15.9 Å². The molecule has 0 amide bonds. The number of nitrogens with zero attached hydrogens (tertiary/aromatic N) is 2. The summed E-state index contributed by atoms with van der Waals surface area (Å²) in [4.78, 5) is 8.33. The van der Waals surface area contributed by atoms with Gasteiger partial charge in [0.15, 0.2) is 17.3 Å². The average Bonchev–Trinajstić information content (AvgIpc) is 2.77. The normalized spacial score (nSPS) is 12.8. The molecule has 0 aliphatic carbocycles. The second-order valence-corrected chi connectivity index (χ2v) is 4.35. The van der Waals surface area contributed by atoms with Gasteiger partial charge in [0.1, 0.15) is 5.82 Å². The zero-order valence-electron chi connectivity index (χ0n) is 8.68. The molecule has 3 rings (SSSR count). The highest BCUT2D eigenvalue weighted by Gasteiger charge is 2.19. The molecule has 1 aliphatic rings. The Morgan fingerprint density at radius 1 is 1.29 bits per heavy atom. The zero-order chi connectivity index (χ0) is 11.8. The standard InChI is InChI=1S/C11H8BrN3O2/c12-7-3-6(4-8-10(7)17-5-16-8)11-14-2-1-9(13)15-11/h1-4H,5H2,(H2,13,14,15). The summed E-state index contributed by atoms with van der Waals surface area (Å²) in [6.45, 7) is 0.231. The van der Waals surface area contributed by atoms with Crippen LogP contribution in [-0.4, -0.2) is 16.8 Å². The molecule has 1 aromatic heterocycles. The molecule has 0 saturated carbocycles. The van der Waals surface area contributed by atoms with Gasteiger partial charge < -0.3 is 15.2 Å². The van der Waals surface area contributed by atoms with E-state index in [1.165, 1.54) is 0 Å². The van der Waals surface area contributed by atoms with E-state index in [1.54, 1.807) is 12.3 Å². The fourth-order valence-corrected chi connectivity index (χ4v) is 2.16. The Morgan fingerprint density at radius 2 is 2.18 bits per heavy atom. The first-order valence-electron chi connectivity index (χ1n) is 4.92. The van der Waals surface area contributed by atoms with Crippen LogP contribution in [0.25, 0.3) is 11.4 Å². The largest absolute Gasteiger partial charge is 0.454 e. The maximum absolute atomic E-state index is 5.63. The molecule has 2 N–H and O–H groups in total. The quantitative estimate of drug-likeness (QED) is 0.873. The van der Waals surface area contributed by atoms with Gasteiger partial charge >= 0.3 is 0 Å². The van der Waals surface area contributed by atoms with Crippen molar-refractivity contribution in [1.29, 1.82) is 0 Å². The molecule has 5 nitrogen and oxygen atoms in total. The highest BCUT2D eigenvalue weighted by molar-refractivity contribution is 9.10. The summed E-state index contributed by atoms with van der Waals surface area (Å²) >= 11 is 3.42. The number of halogens is 1. The van der Waals surface area contributed by atoms with Crippen molar-refractivity contribution in [3.05, 3.63) is 28.9 Å². The molecule has 1 aromatic carbocycles. The molecular formula is C11H8BrN3O2. The topological polar surface area (TPSA) is 70.3 Å². The average molecular weight is 294 g/mol. The number of aromatic nitrogens is 2. The van der Waals surface area contributed by atoms with Crippen molar-refractivity contribution in [3.8, 4) is 22.9 Å². The van der Waals surface area contributed by atoms with Gasteiger partial charge in [0.05, 0.1) is 4.47 Å². The lowest BCUT2D eigenvalue weighted by molar-refractivity contribution is 0.173. The number of ether oxygens (including phenoxy) is 2. The SMILES string of the molecule is Nc1ccnc(-c2cc(Br)c3c(c2)OCO3)n1. The first kappa shape index (κ1) is 10.3. The number of hydrogen-bond acceptors (Lipinski definition) is 5. The Labute approximate surface area is 106 Å². The van der Waals surface area contributed by atoms with Crippen LogP contribution in [0, 0.1) is 0 Å². The summed E-state index contributed by atoms with van der Waals surface area (Å²) in [6.07, 6.45) is 1.62. The van der Waals surface area contributed by atoms with E-state index in [1.807, 2.05) is 12.1 Å². The first-order valence-corrected chi connectivity index (χ1v) is 5.71. The lowest BCUT2D eigenvalue weighted by Gasteiger charge is -2.04. The van der Waals surface area contributed by atoms with E-state index in [0.717, 1.165) is 10.0 Å². The van der Waals surface area contributed by atoms with E-state index in [0.29, 0.717) is 23.1 Å². The number of fused-ring (bicyclic) bond motifs is 1. The van der Waals surface area contributed by atoms with Crippen molar-refractivity contribution in [2.75, 3.05) is 12.5 Å². The highest BCUT2D eigenvalue weighted by atomic mass is 79.9. The summed E-state index contributed by atoms with van der Waals surface area (Å²) in [5.74, 6) is 2.38. The molecule has 6 heteroatoms. The first-order chi connectivity index (χ1) is 8.24. The maximum atomic E-state index is 5.63. The third-order valence-corrected chi connectivity index (χ3v) is 2.95. The second-order valence-electron chi connectivity index (χ2n) is 3.50. The van der Waals surface area contributed by atoms with Crippen molar-refractivity contribution < 1.29 is 9.47 Å². The van der Waals surface area contributed by atoms with Crippen molar-refractivity contribution in [1.82, 2.24) is 9.97 Å². The maximum Gasteiger partial charge on any atom is 0.231 e. The van der Waals surface area contributed by atoms with Crippen molar-refractivity contribution in [3.63, 3.8) is 0 Å². The Bertz CT molecular complexity index is 589. The third kappa shape index (κ3) is 1.80. The Kier molecular flexibility index (Phi) is 2.36. The van der Waals surface area contributed by atoms with Gasteiger partial charge in [-0.15, -0.1) is 0 Å². The lowest BCUT2D eigenvalue weighted by atomic mass is 10.2. The predicted molar refractivity (Wildman–Crippen MR) is 65.7 cm³/mol. The van der Waals surface area contributed by atoms with Gasteiger partial charge in [0.25, 0.3) is 0 Å². The highest BCUT2D eigenvalue weighted by Crippen LogP contribution is 2.41. The predicted octanol–water partition coefficient (Wildman–Crippen LogP) is 2.22. The van der Waals surface area contributed by atoms with E-state index in [-0.39, 0.29) is 6.79 Å². The third-order valence-electron chi connectivity index (χ3n) is 2.36. The van der Waals surface area contributed by atoms with Crippen LogP contribution in [0.1, 0.15) is 0 Å². The van der Waals surface area contributed by atoms with Crippen molar-refractivity contribution in [2.24, 2.45) is 0 Å². The molecule has 0 bridgehead atoms. The molecule has 0 spiro atoms. The summed E-state index contributed by atoms with van der Waals surface area (Å²) < 4.78 is 11.5. The molecule has 2 aromatic rings. The minimum absolute atomic E-state index is 0.231. The molecule has 1 aliphatic heterocycles. The van der Waals surface area contributed by atoms with E-state index in [9.17, 15) is 0 Å². The number of rotatable bonds is 1. The van der Waals surface area contributed by atoms with E-state index < -0.39 is 0 Å². The molecule has 17 heavy (non-hydrogen) atoms. The van der Waals surface area contributed by atoms with E-state index in [4.69, 9.17) is 15.2 Å². The number of anilines is 1. The van der Waals surface area contributed by atoms with Crippen LogP contribution in [0.2, 0.25) is 0 Å². The summed E-state index contributed by atoms with van der Waals surface area (Å²) in [5, 5.41) is 0. The van der Waals surface area contributed by atoms with Gasteiger partial charge in [-0.05, 0) is 34.1 Å². The van der Waals surface area contributed by atoms with Gasteiger partial charge in [-0.2, -0.15) is 0 Å². The summed E-state index contributed by atoms with van der Waals surface area (Å²) in [6, 6.07) is 5.36. The smallest absolute Gasteiger partial charge is 0.231 e. The van der Waals surface area contributed by atoms with Gasteiger partial charge in [-0.25, -0.2) is 9.97 Å². The zero-order valence-corrected chi connectivity index (χ0v) is 10.3. The van der Waals surface area contributed by atoms with Crippen molar-refractivity contribution >= 4 is 21.7 Å². The lowest BCUT2D eigenvalue weighted by Crippen LogP contribution is -1.94. The van der Waals surface area contributed by atoms with Gasteiger partial charge in [-0.3, -0.25) is 0 Å². The Morgan fingerprint density at radius 3 is 3.00 bits per heavy atom. The number of hydrogen-bond donors (Lipinski definition) is 1. The summed E-state index contributed by atoms with van der Waals surface area (Å²) in [5.41, 5.74) is 6.46. The molecule has 0 radical (unpaired) electrons. The Hall–Kier alpha value is -1.82. The Balaban J connectivity index is 2.13.